The van der Waals surface area contributed by atoms with E-state index in [1.165, 1.54) is 0 Å². The summed E-state index contributed by atoms with van der Waals surface area (Å²) < 4.78 is 7.08. The fourth-order valence-corrected chi connectivity index (χ4v) is 2.27. The number of benzene rings is 1. The van der Waals surface area contributed by atoms with Gasteiger partial charge in [-0.25, -0.2) is 0 Å². The van der Waals surface area contributed by atoms with Gasteiger partial charge in [0.1, 0.15) is 11.4 Å². The highest BCUT2D eigenvalue weighted by molar-refractivity contribution is 5.92. The zero-order valence-corrected chi connectivity index (χ0v) is 14.4. The van der Waals surface area contributed by atoms with Crippen molar-refractivity contribution < 1.29 is 9.53 Å². The van der Waals surface area contributed by atoms with E-state index in [1.54, 1.807) is 30.8 Å². The van der Waals surface area contributed by atoms with Gasteiger partial charge in [-0.1, -0.05) is 6.92 Å². The van der Waals surface area contributed by atoms with Gasteiger partial charge in [-0.2, -0.15) is 4.68 Å². The van der Waals surface area contributed by atoms with E-state index in [-0.39, 0.29) is 24.2 Å². The average molecular weight is 353 g/mol. The number of carbonyl (C=O) groups is 1. The van der Waals surface area contributed by atoms with Crippen molar-refractivity contribution in [1.82, 2.24) is 20.2 Å². The number of rotatable bonds is 6. The molecular formula is C15H21ClN6O2. The standard InChI is InChI=1S/C15H20N6O2.ClH/c1-9(8-16)15(22)17-11-5-6-13(23-2)12(7-11)21-14(10-3-4-10)18-19-20-21;/h5-7,9-10H,3-4,8,16H2,1-2H3,(H,17,22);1H. The minimum absolute atomic E-state index is 0. The molecule has 9 heteroatoms. The van der Waals surface area contributed by atoms with E-state index in [4.69, 9.17) is 10.5 Å². The molecule has 1 aliphatic carbocycles. The summed E-state index contributed by atoms with van der Waals surface area (Å²) in [5, 5.41) is 14.8. The molecule has 0 bridgehead atoms. The molecule has 2 aromatic rings. The van der Waals surface area contributed by atoms with E-state index >= 15 is 0 Å². The molecule has 1 heterocycles. The van der Waals surface area contributed by atoms with Crippen LogP contribution in [-0.4, -0.2) is 39.8 Å². The Bertz CT molecular complexity index is 716. The summed E-state index contributed by atoms with van der Waals surface area (Å²) in [5.41, 5.74) is 6.89. The Balaban J connectivity index is 0.00000208. The molecule has 3 N–H and O–H groups in total. The molecule has 24 heavy (non-hydrogen) atoms. The van der Waals surface area contributed by atoms with E-state index in [0.717, 1.165) is 18.7 Å². The molecule has 0 aliphatic heterocycles. The minimum Gasteiger partial charge on any atom is -0.494 e. The number of amides is 1. The van der Waals surface area contributed by atoms with Gasteiger partial charge in [-0.05, 0) is 41.5 Å². The van der Waals surface area contributed by atoms with Crippen molar-refractivity contribution in [2.24, 2.45) is 11.7 Å². The smallest absolute Gasteiger partial charge is 0.228 e. The third-order valence-corrected chi connectivity index (χ3v) is 3.91. The number of halogens is 1. The highest BCUT2D eigenvalue weighted by Gasteiger charge is 2.30. The lowest BCUT2D eigenvalue weighted by molar-refractivity contribution is -0.119. The van der Waals surface area contributed by atoms with E-state index in [0.29, 0.717) is 29.6 Å². The Morgan fingerprint density at radius 1 is 1.50 bits per heavy atom. The topological polar surface area (TPSA) is 108 Å². The van der Waals surface area contributed by atoms with Gasteiger partial charge < -0.3 is 15.8 Å². The van der Waals surface area contributed by atoms with Crippen molar-refractivity contribution in [1.29, 1.82) is 0 Å². The third kappa shape index (κ3) is 3.65. The maximum absolute atomic E-state index is 12.0. The largest absolute Gasteiger partial charge is 0.494 e. The van der Waals surface area contributed by atoms with Crippen LogP contribution < -0.4 is 15.8 Å². The zero-order valence-electron chi connectivity index (χ0n) is 13.6. The van der Waals surface area contributed by atoms with Crippen molar-refractivity contribution in [3.63, 3.8) is 0 Å². The summed E-state index contributed by atoms with van der Waals surface area (Å²) in [6.07, 6.45) is 2.18. The van der Waals surface area contributed by atoms with Gasteiger partial charge in [0, 0.05) is 24.1 Å². The molecule has 1 aromatic carbocycles. The first-order valence-electron chi connectivity index (χ1n) is 7.61. The van der Waals surface area contributed by atoms with Gasteiger partial charge in [0.15, 0.2) is 5.82 Å². The van der Waals surface area contributed by atoms with Crippen LogP contribution in [0.3, 0.4) is 0 Å². The molecule has 8 nitrogen and oxygen atoms in total. The highest BCUT2D eigenvalue weighted by Crippen LogP contribution is 2.40. The van der Waals surface area contributed by atoms with Gasteiger partial charge >= 0.3 is 0 Å². The molecule has 1 unspecified atom stereocenters. The monoisotopic (exact) mass is 352 g/mol. The fraction of sp³-hybridized carbons (Fsp3) is 0.467. The number of carbonyl (C=O) groups excluding carboxylic acids is 1. The second-order valence-corrected chi connectivity index (χ2v) is 5.74. The Morgan fingerprint density at radius 3 is 2.88 bits per heavy atom. The molecule has 1 atom stereocenters. The van der Waals surface area contributed by atoms with E-state index < -0.39 is 0 Å². The van der Waals surface area contributed by atoms with Crippen LogP contribution in [0.5, 0.6) is 5.75 Å². The number of aromatic nitrogens is 4. The van der Waals surface area contributed by atoms with Crippen LogP contribution in [0.4, 0.5) is 5.69 Å². The summed E-state index contributed by atoms with van der Waals surface area (Å²) in [7, 11) is 1.59. The van der Waals surface area contributed by atoms with Crippen LogP contribution in [0.2, 0.25) is 0 Å². The van der Waals surface area contributed by atoms with E-state index in [2.05, 4.69) is 20.8 Å². The van der Waals surface area contributed by atoms with Gasteiger partial charge in [-0.3, -0.25) is 4.79 Å². The Labute approximate surface area is 146 Å². The average Bonchev–Trinajstić information content (AvgIpc) is 3.30. The van der Waals surface area contributed by atoms with Crippen LogP contribution in [0.1, 0.15) is 31.5 Å². The summed E-state index contributed by atoms with van der Waals surface area (Å²) in [5.74, 6) is 1.48. The number of nitrogens with zero attached hydrogens (tertiary/aromatic N) is 4. The predicted molar refractivity (Wildman–Crippen MR) is 91.8 cm³/mol. The molecule has 0 saturated heterocycles. The SMILES string of the molecule is COc1ccc(NC(=O)C(C)CN)cc1-n1nnnc1C1CC1.Cl. The van der Waals surface area contributed by atoms with Crippen molar-refractivity contribution in [3.8, 4) is 11.4 Å². The van der Waals surface area contributed by atoms with Gasteiger partial charge in [-0.15, -0.1) is 17.5 Å². The predicted octanol–water partition coefficient (Wildman–Crippen LogP) is 1.50. The first-order chi connectivity index (χ1) is 11.1. The quantitative estimate of drug-likeness (QED) is 0.815. The number of tetrazole rings is 1. The minimum atomic E-state index is -0.254. The van der Waals surface area contributed by atoms with Crippen LogP contribution in [0.25, 0.3) is 5.69 Å². The number of ether oxygens (including phenoxy) is 1. The molecule has 1 fully saturated rings. The number of nitrogens with one attached hydrogen (secondary N) is 1. The molecular weight excluding hydrogens is 332 g/mol. The second-order valence-electron chi connectivity index (χ2n) is 5.74. The van der Waals surface area contributed by atoms with Crippen LogP contribution in [-0.2, 0) is 4.79 Å². The molecule has 0 radical (unpaired) electrons. The number of methoxy groups -OCH3 is 1. The number of nitrogens with two attached hydrogens (primary N) is 1. The third-order valence-electron chi connectivity index (χ3n) is 3.91. The van der Waals surface area contributed by atoms with E-state index in [9.17, 15) is 4.79 Å². The fourth-order valence-electron chi connectivity index (χ4n) is 2.27. The van der Waals surface area contributed by atoms with Crippen molar-refractivity contribution >= 4 is 24.0 Å². The van der Waals surface area contributed by atoms with Crippen molar-refractivity contribution in [2.75, 3.05) is 19.0 Å². The normalized spacial score (nSPS) is 14.6. The Morgan fingerprint density at radius 2 is 2.25 bits per heavy atom. The Kier molecular flexibility index (Phi) is 5.74. The molecule has 1 saturated carbocycles. The number of anilines is 1. The summed E-state index contributed by atoms with van der Waals surface area (Å²) in [4.78, 5) is 12.0. The summed E-state index contributed by atoms with van der Waals surface area (Å²) in [6, 6.07) is 5.38. The molecule has 1 aliphatic rings. The maximum Gasteiger partial charge on any atom is 0.228 e. The van der Waals surface area contributed by atoms with Crippen LogP contribution in [0.15, 0.2) is 18.2 Å². The van der Waals surface area contributed by atoms with E-state index in [1.807, 2.05) is 6.07 Å². The molecule has 1 aromatic heterocycles. The van der Waals surface area contributed by atoms with Crippen molar-refractivity contribution in [2.45, 2.75) is 25.7 Å². The zero-order chi connectivity index (χ0) is 16.4. The number of hydrogen-bond acceptors (Lipinski definition) is 6. The van der Waals surface area contributed by atoms with Crippen LogP contribution in [0, 0.1) is 5.92 Å². The maximum atomic E-state index is 12.0. The molecule has 0 spiro atoms. The first-order valence-corrected chi connectivity index (χ1v) is 7.61. The summed E-state index contributed by atoms with van der Waals surface area (Å²) in [6.45, 7) is 2.08. The van der Waals surface area contributed by atoms with Gasteiger partial charge in [0.25, 0.3) is 0 Å². The van der Waals surface area contributed by atoms with Crippen LogP contribution >= 0.6 is 12.4 Å². The number of hydrogen-bond donors (Lipinski definition) is 2. The Hall–Kier alpha value is -2.19. The second kappa shape index (κ2) is 7.59. The first kappa shape index (κ1) is 18.2. The molecule has 3 rings (SSSR count). The lowest BCUT2D eigenvalue weighted by atomic mass is 10.1. The molecule has 1 amide bonds. The van der Waals surface area contributed by atoms with Gasteiger partial charge in [0.2, 0.25) is 5.91 Å². The lowest BCUT2D eigenvalue weighted by Crippen LogP contribution is -2.26. The lowest BCUT2D eigenvalue weighted by Gasteiger charge is -2.14. The van der Waals surface area contributed by atoms with Gasteiger partial charge in [0.05, 0.1) is 7.11 Å². The summed E-state index contributed by atoms with van der Waals surface area (Å²) >= 11 is 0. The highest BCUT2D eigenvalue weighted by atomic mass is 35.5. The molecule has 130 valence electrons. The van der Waals surface area contributed by atoms with Crippen molar-refractivity contribution in [3.05, 3.63) is 24.0 Å².